The van der Waals surface area contributed by atoms with E-state index in [1.165, 1.54) is 16.9 Å². The normalized spacial score (nSPS) is 10.3. The monoisotopic (exact) mass is 309 g/mol. The number of anilines is 1. The van der Waals surface area contributed by atoms with Gasteiger partial charge in [0.15, 0.2) is 5.69 Å². The first kappa shape index (κ1) is 14.8. The molecule has 9 heteroatoms. The third-order valence-electron chi connectivity index (χ3n) is 2.66. The summed E-state index contributed by atoms with van der Waals surface area (Å²) in [5, 5.41) is 19.3. The van der Waals surface area contributed by atoms with E-state index in [0.29, 0.717) is 23.8 Å². The number of carbonyl (C=O) groups excluding carboxylic acids is 1. The molecule has 0 aliphatic rings. The number of hydrogen-bond acceptors (Lipinski definition) is 5. The summed E-state index contributed by atoms with van der Waals surface area (Å²) >= 11 is 5.81. The summed E-state index contributed by atoms with van der Waals surface area (Å²) in [7, 11) is 0. The van der Waals surface area contributed by atoms with Crippen LogP contribution >= 0.6 is 11.6 Å². The first-order valence-electron chi connectivity index (χ1n) is 5.94. The zero-order chi connectivity index (χ0) is 15.4. The first-order valence-corrected chi connectivity index (χ1v) is 6.32. The van der Waals surface area contributed by atoms with Crippen LogP contribution in [-0.2, 0) is 6.54 Å². The highest BCUT2D eigenvalue weighted by Crippen LogP contribution is 2.20. The molecule has 0 unspecified atom stereocenters. The lowest BCUT2D eigenvalue weighted by molar-refractivity contribution is 0.0690. The smallest absolute Gasteiger partial charge is 0.358 e. The number of aromatic carboxylic acids is 1. The minimum Gasteiger partial charge on any atom is -0.476 e. The first-order chi connectivity index (χ1) is 9.97. The maximum Gasteiger partial charge on any atom is 0.358 e. The van der Waals surface area contributed by atoms with Gasteiger partial charge in [0.25, 0.3) is 5.91 Å². The van der Waals surface area contributed by atoms with Crippen molar-refractivity contribution in [1.82, 2.24) is 15.0 Å². The molecule has 21 heavy (non-hydrogen) atoms. The molecule has 1 amide bonds. The van der Waals surface area contributed by atoms with Gasteiger partial charge in [-0.2, -0.15) is 0 Å². The summed E-state index contributed by atoms with van der Waals surface area (Å²) < 4.78 is 1.39. The number of primary amides is 1. The quantitative estimate of drug-likeness (QED) is 0.726. The summed E-state index contributed by atoms with van der Waals surface area (Å²) in [5.41, 5.74) is 5.98. The third kappa shape index (κ3) is 3.69. The average Bonchev–Trinajstić information content (AvgIpc) is 2.89. The highest BCUT2D eigenvalue weighted by molar-refractivity contribution is 6.31. The van der Waals surface area contributed by atoms with Gasteiger partial charge >= 0.3 is 5.97 Å². The summed E-state index contributed by atoms with van der Waals surface area (Å²) in [6.45, 7) is 0.783. The minimum absolute atomic E-state index is 0.126. The van der Waals surface area contributed by atoms with E-state index in [1.54, 1.807) is 12.1 Å². The van der Waals surface area contributed by atoms with Gasteiger partial charge in [0.05, 0.1) is 18.3 Å². The number of benzene rings is 1. The third-order valence-corrected chi connectivity index (χ3v) is 2.90. The van der Waals surface area contributed by atoms with E-state index < -0.39 is 11.9 Å². The van der Waals surface area contributed by atoms with Gasteiger partial charge in [-0.15, -0.1) is 5.10 Å². The number of halogens is 1. The Morgan fingerprint density at radius 2 is 2.19 bits per heavy atom. The number of aromatic nitrogens is 3. The Kier molecular flexibility index (Phi) is 4.39. The van der Waals surface area contributed by atoms with E-state index >= 15 is 0 Å². The molecule has 0 saturated heterocycles. The van der Waals surface area contributed by atoms with Crippen molar-refractivity contribution in [2.45, 2.75) is 6.54 Å². The Hall–Kier alpha value is -2.61. The maximum atomic E-state index is 11.3. The van der Waals surface area contributed by atoms with Gasteiger partial charge in [0, 0.05) is 17.3 Å². The highest BCUT2D eigenvalue weighted by Gasteiger charge is 2.10. The molecule has 1 aromatic carbocycles. The molecule has 0 fully saturated rings. The topological polar surface area (TPSA) is 123 Å². The highest BCUT2D eigenvalue weighted by atomic mass is 35.5. The number of hydrogen-bond donors (Lipinski definition) is 3. The zero-order valence-corrected chi connectivity index (χ0v) is 11.5. The molecule has 0 spiro atoms. The Morgan fingerprint density at radius 1 is 1.43 bits per heavy atom. The van der Waals surface area contributed by atoms with E-state index in [2.05, 4.69) is 15.6 Å². The molecule has 0 saturated carbocycles. The molecule has 0 aliphatic carbocycles. The Balaban J connectivity index is 2.00. The second kappa shape index (κ2) is 6.23. The summed E-state index contributed by atoms with van der Waals surface area (Å²) in [5.74, 6) is -1.73. The fourth-order valence-electron chi connectivity index (χ4n) is 1.69. The van der Waals surface area contributed by atoms with E-state index in [0.717, 1.165) is 0 Å². The van der Waals surface area contributed by atoms with Crippen LogP contribution in [0.3, 0.4) is 0 Å². The van der Waals surface area contributed by atoms with Crippen LogP contribution in [0.25, 0.3) is 0 Å². The van der Waals surface area contributed by atoms with Crippen LogP contribution in [0, 0.1) is 0 Å². The molecular formula is C12H12ClN5O3. The van der Waals surface area contributed by atoms with Crippen molar-refractivity contribution in [3.05, 3.63) is 40.7 Å². The number of rotatable bonds is 6. The fourth-order valence-corrected chi connectivity index (χ4v) is 1.86. The van der Waals surface area contributed by atoms with Crippen LogP contribution < -0.4 is 11.1 Å². The van der Waals surface area contributed by atoms with Crippen LogP contribution in [0.4, 0.5) is 5.69 Å². The molecule has 110 valence electrons. The van der Waals surface area contributed by atoms with Crippen molar-refractivity contribution in [2.75, 3.05) is 11.9 Å². The fraction of sp³-hybridized carbons (Fsp3) is 0.167. The van der Waals surface area contributed by atoms with Crippen molar-refractivity contribution in [1.29, 1.82) is 0 Å². The lowest BCUT2D eigenvalue weighted by atomic mass is 10.1. The molecule has 1 heterocycles. The summed E-state index contributed by atoms with van der Waals surface area (Å²) in [4.78, 5) is 22.0. The lowest BCUT2D eigenvalue weighted by Crippen LogP contribution is -2.17. The van der Waals surface area contributed by atoms with Crippen LogP contribution in [-0.4, -0.2) is 38.5 Å². The molecule has 2 rings (SSSR count). The van der Waals surface area contributed by atoms with Crippen molar-refractivity contribution in [3.8, 4) is 0 Å². The zero-order valence-electron chi connectivity index (χ0n) is 10.8. The van der Waals surface area contributed by atoms with Crippen LogP contribution in [0.5, 0.6) is 0 Å². The van der Waals surface area contributed by atoms with Crippen molar-refractivity contribution >= 4 is 29.2 Å². The second-order valence-corrected chi connectivity index (χ2v) is 4.59. The molecule has 0 bridgehead atoms. The van der Waals surface area contributed by atoms with Gasteiger partial charge in [-0.1, -0.05) is 16.8 Å². The van der Waals surface area contributed by atoms with Gasteiger partial charge in [-0.3, -0.25) is 4.79 Å². The SMILES string of the molecule is NC(=O)c1cc(Cl)ccc1NCCn1cc(C(=O)O)nn1. The van der Waals surface area contributed by atoms with Crippen LogP contribution in [0.2, 0.25) is 5.02 Å². The predicted octanol–water partition coefficient (Wildman–Crippen LogP) is 0.841. The second-order valence-electron chi connectivity index (χ2n) is 4.15. The molecule has 0 radical (unpaired) electrons. The van der Waals surface area contributed by atoms with E-state index in [-0.39, 0.29) is 11.3 Å². The maximum absolute atomic E-state index is 11.3. The number of carboxylic acids is 1. The van der Waals surface area contributed by atoms with Crippen LogP contribution in [0.15, 0.2) is 24.4 Å². The van der Waals surface area contributed by atoms with E-state index in [9.17, 15) is 9.59 Å². The number of nitrogens with two attached hydrogens (primary N) is 1. The standard InChI is InChI=1S/C12H12ClN5O3/c13-7-1-2-9(8(5-7)11(14)19)15-3-4-18-6-10(12(20)21)16-17-18/h1-2,5-6,15H,3-4H2,(H2,14,19)(H,20,21). The summed E-state index contributed by atoms with van der Waals surface area (Å²) in [6.07, 6.45) is 1.32. The number of carbonyl (C=O) groups is 2. The molecule has 0 atom stereocenters. The summed E-state index contributed by atoms with van der Waals surface area (Å²) in [6, 6.07) is 4.75. The minimum atomic E-state index is -1.14. The molecule has 2 aromatic rings. The van der Waals surface area contributed by atoms with Crippen molar-refractivity contribution < 1.29 is 14.7 Å². The van der Waals surface area contributed by atoms with Crippen molar-refractivity contribution in [3.63, 3.8) is 0 Å². The number of amides is 1. The molecule has 4 N–H and O–H groups in total. The number of nitrogens with one attached hydrogen (secondary N) is 1. The Labute approximate surface area is 124 Å². The molecule has 0 aliphatic heterocycles. The van der Waals surface area contributed by atoms with E-state index in [1.807, 2.05) is 0 Å². The van der Waals surface area contributed by atoms with Gasteiger partial charge in [-0.25, -0.2) is 9.48 Å². The predicted molar refractivity (Wildman–Crippen MR) is 75.4 cm³/mol. The largest absolute Gasteiger partial charge is 0.476 e. The molecular weight excluding hydrogens is 298 g/mol. The van der Waals surface area contributed by atoms with Gasteiger partial charge < -0.3 is 16.2 Å². The van der Waals surface area contributed by atoms with Gasteiger partial charge in [0.2, 0.25) is 0 Å². The van der Waals surface area contributed by atoms with Gasteiger partial charge in [-0.05, 0) is 18.2 Å². The Bertz CT molecular complexity index is 685. The molecule has 8 nitrogen and oxygen atoms in total. The Morgan fingerprint density at radius 3 is 2.81 bits per heavy atom. The number of nitrogens with zero attached hydrogens (tertiary/aromatic N) is 3. The van der Waals surface area contributed by atoms with Crippen LogP contribution in [0.1, 0.15) is 20.8 Å². The average molecular weight is 310 g/mol. The van der Waals surface area contributed by atoms with E-state index in [4.69, 9.17) is 22.4 Å². The molecule has 1 aromatic heterocycles. The lowest BCUT2D eigenvalue weighted by Gasteiger charge is -2.10. The van der Waals surface area contributed by atoms with Crippen molar-refractivity contribution in [2.24, 2.45) is 5.73 Å². The number of carboxylic acid groups (broad SMARTS) is 1. The van der Waals surface area contributed by atoms with Gasteiger partial charge in [0.1, 0.15) is 0 Å².